The van der Waals surface area contributed by atoms with Crippen LogP contribution in [-0.4, -0.2) is 21.8 Å². The lowest BCUT2D eigenvalue weighted by atomic mass is 10.2. The van der Waals surface area contributed by atoms with Crippen LogP contribution in [0.4, 0.5) is 0 Å². The lowest BCUT2D eigenvalue weighted by Crippen LogP contribution is -2.63. The summed E-state index contributed by atoms with van der Waals surface area (Å²) in [4.78, 5) is 0. The maximum absolute atomic E-state index is 6.48. The van der Waals surface area contributed by atoms with Crippen LogP contribution >= 0.6 is 0 Å². The predicted molar refractivity (Wildman–Crippen MR) is 99.9 cm³/mol. The summed E-state index contributed by atoms with van der Waals surface area (Å²) >= 11 is 0. The van der Waals surface area contributed by atoms with Crippen LogP contribution in [-0.2, 0) is 8.85 Å². The zero-order valence-electron chi connectivity index (χ0n) is 14.8. The average Bonchev–Trinajstić information content (AvgIpc) is 2.55. The Morgan fingerprint density at radius 3 is 1.52 bits per heavy atom. The molecule has 0 fully saturated rings. The third kappa shape index (κ3) is 4.31. The molecular weight excluding hydrogens is 300 g/mol. The molecule has 3 heteroatoms. The Kier molecular flexibility index (Phi) is 6.57. The highest BCUT2D eigenvalue weighted by molar-refractivity contribution is 6.92. The molecule has 0 saturated carbocycles. The number of rotatable bonds is 8. The Morgan fingerprint density at radius 2 is 1.17 bits per heavy atom. The van der Waals surface area contributed by atoms with E-state index >= 15 is 0 Å². The first-order valence-corrected chi connectivity index (χ1v) is 10.4. The van der Waals surface area contributed by atoms with E-state index in [1.807, 2.05) is 0 Å². The first-order valence-electron chi connectivity index (χ1n) is 8.54. The van der Waals surface area contributed by atoms with Gasteiger partial charge in [0.1, 0.15) is 0 Å². The SMILES string of the molecule is CCCO[Si](OCCC)(c1cccc(C)c1)c1cccc(C)c1. The summed E-state index contributed by atoms with van der Waals surface area (Å²) in [6.45, 7) is 9.98. The second kappa shape index (κ2) is 8.43. The van der Waals surface area contributed by atoms with Crippen molar-refractivity contribution in [3.8, 4) is 0 Å². The Morgan fingerprint density at radius 1 is 0.739 bits per heavy atom. The molecule has 0 radical (unpaired) electrons. The van der Waals surface area contributed by atoms with E-state index in [2.05, 4.69) is 76.2 Å². The van der Waals surface area contributed by atoms with Crippen molar-refractivity contribution in [1.29, 1.82) is 0 Å². The average molecular weight is 329 g/mol. The standard InChI is InChI=1S/C20H28O2Si/c1-5-13-21-23(22-14-6-2,19-11-7-9-17(3)15-19)20-12-8-10-18(4)16-20/h7-12,15-16H,5-6,13-14H2,1-4H3. The van der Waals surface area contributed by atoms with Gasteiger partial charge < -0.3 is 8.85 Å². The van der Waals surface area contributed by atoms with Crippen molar-refractivity contribution >= 4 is 18.9 Å². The fraction of sp³-hybridized carbons (Fsp3) is 0.400. The van der Waals surface area contributed by atoms with Crippen LogP contribution < -0.4 is 10.4 Å². The van der Waals surface area contributed by atoms with Crippen LogP contribution in [0.1, 0.15) is 37.8 Å². The zero-order chi connectivity index (χ0) is 16.7. The second-order valence-corrected chi connectivity index (χ2v) is 9.02. The molecule has 0 unspecified atom stereocenters. The van der Waals surface area contributed by atoms with Crippen molar-refractivity contribution in [2.45, 2.75) is 40.5 Å². The molecule has 2 aromatic rings. The fourth-order valence-corrected chi connectivity index (χ4v) is 6.27. The predicted octanol–water partition coefficient (Wildman–Crippen LogP) is 3.71. The molecule has 0 spiro atoms. The molecule has 2 rings (SSSR count). The van der Waals surface area contributed by atoms with E-state index in [1.54, 1.807) is 0 Å². The molecule has 0 N–H and O–H groups in total. The van der Waals surface area contributed by atoms with Gasteiger partial charge in [-0.2, -0.15) is 0 Å². The first kappa shape index (κ1) is 17.9. The molecule has 0 heterocycles. The van der Waals surface area contributed by atoms with Gasteiger partial charge in [-0.15, -0.1) is 0 Å². The monoisotopic (exact) mass is 328 g/mol. The van der Waals surface area contributed by atoms with Crippen LogP contribution in [0.2, 0.25) is 0 Å². The summed E-state index contributed by atoms with van der Waals surface area (Å²) in [7, 11) is -2.65. The molecule has 0 aliphatic carbocycles. The Balaban J connectivity index is 2.58. The molecule has 0 bridgehead atoms. The minimum absolute atomic E-state index is 0.720. The van der Waals surface area contributed by atoms with Crippen molar-refractivity contribution in [3.63, 3.8) is 0 Å². The quantitative estimate of drug-likeness (QED) is 0.688. The molecule has 0 saturated heterocycles. The number of aryl methyl sites for hydroxylation is 2. The molecule has 23 heavy (non-hydrogen) atoms. The Labute approximate surface area is 141 Å². The van der Waals surface area contributed by atoms with E-state index in [1.165, 1.54) is 21.5 Å². The maximum atomic E-state index is 6.48. The molecule has 0 amide bonds. The summed E-state index contributed by atoms with van der Waals surface area (Å²) in [6.07, 6.45) is 1.98. The van der Waals surface area contributed by atoms with E-state index in [9.17, 15) is 0 Å². The van der Waals surface area contributed by atoms with E-state index in [0.29, 0.717) is 0 Å². The molecule has 2 nitrogen and oxygen atoms in total. The van der Waals surface area contributed by atoms with Crippen LogP contribution in [0, 0.1) is 13.8 Å². The van der Waals surface area contributed by atoms with Crippen LogP contribution in [0.5, 0.6) is 0 Å². The summed E-state index contributed by atoms with van der Waals surface area (Å²) in [6, 6.07) is 17.2. The Hall–Kier alpha value is -1.42. The van der Waals surface area contributed by atoms with E-state index in [-0.39, 0.29) is 0 Å². The molecule has 0 aromatic heterocycles. The lowest BCUT2D eigenvalue weighted by molar-refractivity contribution is 0.191. The topological polar surface area (TPSA) is 18.5 Å². The van der Waals surface area contributed by atoms with E-state index in [4.69, 9.17) is 8.85 Å². The third-order valence-corrected chi connectivity index (χ3v) is 7.18. The van der Waals surface area contributed by atoms with Gasteiger partial charge in [0.05, 0.1) is 0 Å². The first-order chi connectivity index (χ1) is 11.1. The highest BCUT2D eigenvalue weighted by Gasteiger charge is 2.42. The highest BCUT2D eigenvalue weighted by atomic mass is 28.4. The minimum atomic E-state index is -2.65. The minimum Gasteiger partial charge on any atom is -0.388 e. The van der Waals surface area contributed by atoms with Gasteiger partial charge in [-0.3, -0.25) is 0 Å². The molecule has 0 aliphatic rings. The van der Waals surface area contributed by atoms with Gasteiger partial charge in [0.25, 0.3) is 0 Å². The molecule has 0 aliphatic heterocycles. The summed E-state index contributed by atoms with van der Waals surface area (Å²) in [5.41, 5.74) is 2.49. The molecular formula is C20H28O2Si. The smallest absolute Gasteiger partial charge is 0.388 e. The van der Waals surface area contributed by atoms with Gasteiger partial charge in [0.2, 0.25) is 0 Å². The van der Waals surface area contributed by atoms with E-state index in [0.717, 1.165) is 26.1 Å². The fourth-order valence-electron chi connectivity index (χ4n) is 2.73. The summed E-state index contributed by atoms with van der Waals surface area (Å²) < 4.78 is 13.0. The van der Waals surface area contributed by atoms with Gasteiger partial charge in [-0.1, -0.05) is 73.5 Å². The zero-order valence-corrected chi connectivity index (χ0v) is 15.8. The molecule has 2 aromatic carbocycles. The lowest BCUT2D eigenvalue weighted by Gasteiger charge is -2.32. The largest absolute Gasteiger partial charge is 0.407 e. The van der Waals surface area contributed by atoms with Crippen molar-refractivity contribution in [2.24, 2.45) is 0 Å². The number of benzene rings is 2. The van der Waals surface area contributed by atoms with Gasteiger partial charge in [0, 0.05) is 13.2 Å². The van der Waals surface area contributed by atoms with Crippen LogP contribution in [0.25, 0.3) is 0 Å². The second-order valence-electron chi connectivity index (χ2n) is 6.05. The van der Waals surface area contributed by atoms with Gasteiger partial charge in [0.15, 0.2) is 0 Å². The number of hydrogen-bond acceptors (Lipinski definition) is 2. The highest BCUT2D eigenvalue weighted by Crippen LogP contribution is 2.13. The van der Waals surface area contributed by atoms with Gasteiger partial charge in [-0.05, 0) is 37.1 Å². The third-order valence-electron chi connectivity index (χ3n) is 3.82. The Bertz CT molecular complexity index is 569. The van der Waals surface area contributed by atoms with Crippen LogP contribution in [0.15, 0.2) is 48.5 Å². The van der Waals surface area contributed by atoms with Gasteiger partial charge in [-0.25, -0.2) is 0 Å². The van der Waals surface area contributed by atoms with Crippen molar-refractivity contribution < 1.29 is 8.85 Å². The normalized spacial score (nSPS) is 11.7. The van der Waals surface area contributed by atoms with Gasteiger partial charge >= 0.3 is 8.56 Å². The molecule has 0 atom stereocenters. The van der Waals surface area contributed by atoms with Crippen molar-refractivity contribution in [1.82, 2.24) is 0 Å². The maximum Gasteiger partial charge on any atom is 0.407 e. The summed E-state index contributed by atoms with van der Waals surface area (Å²) in [5, 5.41) is 2.40. The van der Waals surface area contributed by atoms with Crippen molar-refractivity contribution in [3.05, 3.63) is 59.7 Å². The molecule has 124 valence electrons. The van der Waals surface area contributed by atoms with Crippen LogP contribution in [0.3, 0.4) is 0 Å². The van der Waals surface area contributed by atoms with Crippen molar-refractivity contribution in [2.75, 3.05) is 13.2 Å². The van der Waals surface area contributed by atoms with E-state index < -0.39 is 8.56 Å². The number of hydrogen-bond donors (Lipinski definition) is 0. The summed E-state index contributed by atoms with van der Waals surface area (Å²) in [5.74, 6) is 0.